The van der Waals surface area contributed by atoms with Gasteiger partial charge in [-0.3, -0.25) is 10.1 Å². The molecule has 0 radical (unpaired) electrons. The third-order valence-corrected chi connectivity index (χ3v) is 3.67. The SMILES string of the molecule is O=[N+]([O-])c1cccnc1Nc1ccc(N2CCCCC2)nc1. The summed E-state index contributed by atoms with van der Waals surface area (Å²) in [5.41, 5.74) is 0.630. The van der Waals surface area contributed by atoms with Gasteiger partial charge in [0.25, 0.3) is 0 Å². The van der Waals surface area contributed by atoms with E-state index < -0.39 is 4.92 Å². The molecule has 114 valence electrons. The third-order valence-electron chi connectivity index (χ3n) is 3.67. The smallest absolute Gasteiger partial charge is 0.311 e. The second-order valence-electron chi connectivity index (χ2n) is 5.21. The number of nitrogens with zero attached hydrogens (tertiary/aromatic N) is 4. The molecule has 1 N–H and O–H groups in total. The first-order valence-corrected chi connectivity index (χ1v) is 7.31. The number of nitrogens with one attached hydrogen (secondary N) is 1. The van der Waals surface area contributed by atoms with E-state index in [1.807, 2.05) is 12.1 Å². The number of aromatic nitrogens is 2. The van der Waals surface area contributed by atoms with E-state index in [1.165, 1.54) is 31.5 Å². The Balaban J connectivity index is 1.75. The van der Waals surface area contributed by atoms with Gasteiger partial charge in [-0.1, -0.05) is 0 Å². The van der Waals surface area contributed by atoms with Gasteiger partial charge in [0.1, 0.15) is 5.82 Å². The van der Waals surface area contributed by atoms with Crippen LogP contribution in [0.4, 0.5) is 23.0 Å². The molecule has 0 atom stereocenters. The van der Waals surface area contributed by atoms with Gasteiger partial charge in [-0.25, -0.2) is 9.97 Å². The maximum atomic E-state index is 11.0. The molecule has 0 unspecified atom stereocenters. The molecule has 0 bridgehead atoms. The largest absolute Gasteiger partial charge is 0.357 e. The number of piperidine rings is 1. The van der Waals surface area contributed by atoms with Crippen molar-refractivity contribution in [3.05, 3.63) is 46.8 Å². The number of nitro groups is 1. The molecular formula is C15H17N5O2. The van der Waals surface area contributed by atoms with Crippen molar-refractivity contribution >= 4 is 23.0 Å². The Morgan fingerprint density at radius 3 is 2.64 bits per heavy atom. The molecule has 22 heavy (non-hydrogen) atoms. The molecule has 0 amide bonds. The van der Waals surface area contributed by atoms with E-state index in [4.69, 9.17) is 0 Å². The maximum Gasteiger partial charge on any atom is 0.311 e. The summed E-state index contributed by atoms with van der Waals surface area (Å²) in [6.45, 7) is 2.07. The van der Waals surface area contributed by atoms with Gasteiger partial charge in [0.2, 0.25) is 5.82 Å². The van der Waals surface area contributed by atoms with Crippen LogP contribution in [0, 0.1) is 10.1 Å². The first-order chi connectivity index (χ1) is 10.7. The summed E-state index contributed by atoms with van der Waals surface area (Å²) in [5.74, 6) is 1.17. The molecule has 1 aliphatic heterocycles. The van der Waals surface area contributed by atoms with Gasteiger partial charge in [-0.15, -0.1) is 0 Å². The second-order valence-corrected chi connectivity index (χ2v) is 5.21. The highest BCUT2D eigenvalue weighted by atomic mass is 16.6. The van der Waals surface area contributed by atoms with Gasteiger partial charge in [-0.05, 0) is 37.5 Å². The second kappa shape index (κ2) is 6.38. The molecule has 0 aromatic carbocycles. The van der Waals surface area contributed by atoms with E-state index >= 15 is 0 Å². The summed E-state index contributed by atoms with van der Waals surface area (Å²) in [6.07, 6.45) is 6.87. The molecule has 0 saturated carbocycles. The Morgan fingerprint density at radius 2 is 1.95 bits per heavy atom. The molecule has 2 aromatic rings. The van der Waals surface area contributed by atoms with Gasteiger partial charge in [-0.2, -0.15) is 0 Å². The van der Waals surface area contributed by atoms with Crippen LogP contribution in [-0.4, -0.2) is 28.0 Å². The summed E-state index contributed by atoms with van der Waals surface area (Å²) >= 11 is 0. The average molecular weight is 299 g/mol. The lowest BCUT2D eigenvalue weighted by atomic mass is 10.1. The fourth-order valence-electron chi connectivity index (χ4n) is 2.55. The molecule has 2 aromatic heterocycles. The molecule has 0 aliphatic carbocycles. The number of rotatable bonds is 4. The van der Waals surface area contributed by atoms with Crippen LogP contribution in [0.3, 0.4) is 0 Å². The molecule has 3 heterocycles. The van der Waals surface area contributed by atoms with Crippen molar-refractivity contribution in [1.82, 2.24) is 9.97 Å². The van der Waals surface area contributed by atoms with Crippen LogP contribution in [0.15, 0.2) is 36.7 Å². The number of hydrogen-bond acceptors (Lipinski definition) is 6. The van der Waals surface area contributed by atoms with E-state index in [9.17, 15) is 10.1 Å². The van der Waals surface area contributed by atoms with Crippen LogP contribution < -0.4 is 10.2 Å². The Bertz CT molecular complexity index is 653. The van der Waals surface area contributed by atoms with Crippen molar-refractivity contribution in [2.45, 2.75) is 19.3 Å². The van der Waals surface area contributed by atoms with Crippen LogP contribution in [0.25, 0.3) is 0 Å². The zero-order valence-corrected chi connectivity index (χ0v) is 12.1. The summed E-state index contributed by atoms with van der Waals surface area (Å²) in [5, 5.41) is 13.9. The molecule has 1 fully saturated rings. The lowest BCUT2D eigenvalue weighted by Crippen LogP contribution is -2.29. The van der Waals surface area contributed by atoms with Gasteiger partial charge in [0.15, 0.2) is 0 Å². The molecule has 1 aliphatic rings. The van der Waals surface area contributed by atoms with Crippen LogP contribution >= 0.6 is 0 Å². The average Bonchev–Trinajstić information content (AvgIpc) is 2.57. The molecule has 0 spiro atoms. The third kappa shape index (κ3) is 3.13. The van der Waals surface area contributed by atoms with E-state index in [0.717, 1.165) is 18.9 Å². The quantitative estimate of drug-likeness (QED) is 0.689. The Morgan fingerprint density at radius 1 is 1.14 bits per heavy atom. The van der Waals surface area contributed by atoms with E-state index in [-0.39, 0.29) is 11.5 Å². The lowest BCUT2D eigenvalue weighted by molar-refractivity contribution is -0.384. The van der Waals surface area contributed by atoms with Crippen molar-refractivity contribution in [1.29, 1.82) is 0 Å². The van der Waals surface area contributed by atoms with Crippen molar-refractivity contribution in [2.75, 3.05) is 23.3 Å². The van der Waals surface area contributed by atoms with Gasteiger partial charge in [0.05, 0.1) is 16.8 Å². The van der Waals surface area contributed by atoms with Crippen molar-refractivity contribution in [3.63, 3.8) is 0 Å². The summed E-state index contributed by atoms with van der Waals surface area (Å²) in [6, 6.07) is 6.77. The highest BCUT2D eigenvalue weighted by molar-refractivity contribution is 5.65. The molecule has 3 rings (SSSR count). The monoisotopic (exact) mass is 299 g/mol. The highest BCUT2D eigenvalue weighted by Gasteiger charge is 2.15. The molecular weight excluding hydrogens is 282 g/mol. The summed E-state index contributed by atoms with van der Waals surface area (Å²) < 4.78 is 0. The fraction of sp³-hybridized carbons (Fsp3) is 0.333. The zero-order chi connectivity index (χ0) is 15.4. The molecule has 7 heteroatoms. The van der Waals surface area contributed by atoms with Crippen LogP contribution in [-0.2, 0) is 0 Å². The molecule has 1 saturated heterocycles. The maximum absolute atomic E-state index is 11.0. The minimum Gasteiger partial charge on any atom is -0.357 e. The fourth-order valence-corrected chi connectivity index (χ4v) is 2.55. The number of pyridine rings is 2. The standard InChI is InChI=1S/C15H17N5O2/c21-20(22)13-5-4-8-16-15(13)18-12-6-7-14(17-11-12)19-9-2-1-3-10-19/h4-8,11H,1-3,9-10H2,(H,16,18). The van der Waals surface area contributed by atoms with Crippen molar-refractivity contribution in [2.24, 2.45) is 0 Å². The van der Waals surface area contributed by atoms with Crippen LogP contribution in [0.2, 0.25) is 0 Å². The van der Waals surface area contributed by atoms with Crippen molar-refractivity contribution in [3.8, 4) is 0 Å². The van der Waals surface area contributed by atoms with E-state index in [1.54, 1.807) is 12.3 Å². The molecule has 7 nitrogen and oxygen atoms in total. The first-order valence-electron chi connectivity index (χ1n) is 7.31. The minimum absolute atomic E-state index is 0.0531. The minimum atomic E-state index is -0.454. The van der Waals surface area contributed by atoms with Crippen molar-refractivity contribution < 1.29 is 4.92 Å². The van der Waals surface area contributed by atoms with Crippen LogP contribution in [0.5, 0.6) is 0 Å². The van der Waals surface area contributed by atoms with Crippen LogP contribution in [0.1, 0.15) is 19.3 Å². The van der Waals surface area contributed by atoms with E-state index in [0.29, 0.717) is 5.69 Å². The normalized spacial score (nSPS) is 14.6. The predicted octanol–water partition coefficient (Wildman–Crippen LogP) is 3.12. The number of hydrogen-bond donors (Lipinski definition) is 1. The Labute approximate surface area is 128 Å². The van der Waals surface area contributed by atoms with E-state index in [2.05, 4.69) is 20.2 Å². The topological polar surface area (TPSA) is 84.2 Å². The highest BCUT2D eigenvalue weighted by Crippen LogP contribution is 2.25. The predicted molar refractivity (Wildman–Crippen MR) is 84.5 cm³/mol. The lowest BCUT2D eigenvalue weighted by Gasteiger charge is -2.27. The van der Waals surface area contributed by atoms with Gasteiger partial charge < -0.3 is 10.2 Å². The Kier molecular flexibility index (Phi) is 4.13. The zero-order valence-electron chi connectivity index (χ0n) is 12.1. The number of anilines is 3. The van der Waals surface area contributed by atoms with Gasteiger partial charge >= 0.3 is 5.69 Å². The first kappa shape index (κ1) is 14.2. The summed E-state index contributed by atoms with van der Waals surface area (Å²) in [7, 11) is 0. The summed E-state index contributed by atoms with van der Waals surface area (Å²) in [4.78, 5) is 21.2. The van der Waals surface area contributed by atoms with Gasteiger partial charge in [0, 0.05) is 25.4 Å². The Hall–Kier alpha value is -2.70.